The maximum Gasteiger partial charge on any atom is 0.138 e. The van der Waals surface area contributed by atoms with Crippen molar-refractivity contribution in [2.75, 3.05) is 0 Å². The maximum absolute atomic E-state index is 6.20. The SMILES string of the molecule is Cc1cnc(COc2ccccc2Cl)c2c1c(C)c(C)n2C1CC1. The summed E-state index contributed by atoms with van der Waals surface area (Å²) in [4.78, 5) is 4.69. The van der Waals surface area contributed by atoms with Gasteiger partial charge in [-0.25, -0.2) is 0 Å². The number of para-hydroxylation sites is 1. The van der Waals surface area contributed by atoms with Crippen LogP contribution in [0.15, 0.2) is 30.5 Å². The van der Waals surface area contributed by atoms with Gasteiger partial charge in [-0.05, 0) is 56.9 Å². The highest BCUT2D eigenvalue weighted by atomic mass is 35.5. The average molecular weight is 341 g/mol. The van der Waals surface area contributed by atoms with E-state index in [0.29, 0.717) is 23.4 Å². The molecule has 2 heterocycles. The summed E-state index contributed by atoms with van der Waals surface area (Å²) < 4.78 is 8.44. The number of hydrogen-bond donors (Lipinski definition) is 0. The molecule has 2 aromatic heterocycles. The van der Waals surface area contributed by atoms with Crippen LogP contribution in [-0.2, 0) is 6.61 Å². The Hall–Kier alpha value is -2.00. The molecule has 0 bridgehead atoms. The van der Waals surface area contributed by atoms with Gasteiger partial charge in [-0.15, -0.1) is 0 Å². The fourth-order valence-electron chi connectivity index (χ4n) is 3.50. The van der Waals surface area contributed by atoms with E-state index in [9.17, 15) is 0 Å². The van der Waals surface area contributed by atoms with Gasteiger partial charge in [0.25, 0.3) is 0 Å². The monoisotopic (exact) mass is 340 g/mol. The lowest BCUT2D eigenvalue weighted by molar-refractivity contribution is 0.302. The van der Waals surface area contributed by atoms with Crippen LogP contribution in [0, 0.1) is 20.8 Å². The molecule has 0 saturated heterocycles. The highest BCUT2D eigenvalue weighted by molar-refractivity contribution is 6.32. The minimum absolute atomic E-state index is 0.427. The molecule has 3 nitrogen and oxygen atoms in total. The number of rotatable bonds is 4. The lowest BCUT2D eigenvalue weighted by atomic mass is 10.1. The molecule has 1 aromatic carbocycles. The molecule has 0 amide bonds. The summed E-state index contributed by atoms with van der Waals surface area (Å²) >= 11 is 6.20. The minimum Gasteiger partial charge on any atom is -0.486 e. The van der Waals surface area contributed by atoms with Gasteiger partial charge in [0.15, 0.2) is 0 Å². The zero-order valence-corrected chi connectivity index (χ0v) is 15.0. The minimum atomic E-state index is 0.427. The van der Waals surface area contributed by atoms with Crippen LogP contribution >= 0.6 is 11.6 Å². The molecule has 4 rings (SSSR count). The van der Waals surface area contributed by atoms with Gasteiger partial charge in [0.1, 0.15) is 18.1 Å². The molecule has 124 valence electrons. The third-order valence-corrected chi connectivity index (χ3v) is 5.26. The van der Waals surface area contributed by atoms with Gasteiger partial charge in [-0.1, -0.05) is 23.7 Å². The van der Waals surface area contributed by atoms with E-state index < -0.39 is 0 Å². The van der Waals surface area contributed by atoms with E-state index in [-0.39, 0.29) is 0 Å². The molecule has 3 aromatic rings. The van der Waals surface area contributed by atoms with Crippen LogP contribution in [-0.4, -0.2) is 9.55 Å². The Balaban J connectivity index is 1.80. The van der Waals surface area contributed by atoms with Crippen LogP contribution in [0.1, 0.15) is 41.4 Å². The summed E-state index contributed by atoms with van der Waals surface area (Å²) in [5.74, 6) is 0.702. The Kier molecular flexibility index (Phi) is 3.76. The number of nitrogens with zero attached hydrogens (tertiary/aromatic N) is 2. The molecule has 0 aliphatic heterocycles. The zero-order valence-electron chi connectivity index (χ0n) is 14.3. The van der Waals surface area contributed by atoms with Gasteiger partial charge in [-0.2, -0.15) is 0 Å². The van der Waals surface area contributed by atoms with E-state index in [1.54, 1.807) is 0 Å². The third kappa shape index (κ3) is 2.48. The number of aromatic nitrogens is 2. The van der Waals surface area contributed by atoms with Crippen LogP contribution in [0.3, 0.4) is 0 Å². The van der Waals surface area contributed by atoms with E-state index >= 15 is 0 Å². The fourth-order valence-corrected chi connectivity index (χ4v) is 3.69. The Morgan fingerprint density at radius 1 is 1.21 bits per heavy atom. The van der Waals surface area contributed by atoms with Crippen LogP contribution in [0.4, 0.5) is 0 Å². The third-order valence-electron chi connectivity index (χ3n) is 4.95. The van der Waals surface area contributed by atoms with Crippen LogP contribution in [0.25, 0.3) is 10.9 Å². The molecule has 1 aliphatic carbocycles. The molecular formula is C20H21ClN2O. The highest BCUT2D eigenvalue weighted by Crippen LogP contribution is 2.42. The van der Waals surface area contributed by atoms with E-state index in [1.165, 1.54) is 40.6 Å². The fraction of sp³-hybridized carbons (Fsp3) is 0.350. The Morgan fingerprint density at radius 2 is 1.96 bits per heavy atom. The number of hydrogen-bond acceptors (Lipinski definition) is 2. The number of pyridine rings is 1. The van der Waals surface area contributed by atoms with Gasteiger partial charge in [0, 0.05) is 23.3 Å². The van der Waals surface area contributed by atoms with Gasteiger partial charge < -0.3 is 9.30 Å². The molecule has 1 saturated carbocycles. The predicted octanol–water partition coefficient (Wildman–Crippen LogP) is 5.53. The Labute approximate surface area is 147 Å². The van der Waals surface area contributed by atoms with Gasteiger partial charge in [-0.3, -0.25) is 4.98 Å². The molecule has 24 heavy (non-hydrogen) atoms. The number of benzene rings is 1. The van der Waals surface area contributed by atoms with Crippen molar-refractivity contribution in [3.63, 3.8) is 0 Å². The molecule has 1 aliphatic rings. The summed E-state index contributed by atoms with van der Waals surface area (Å²) in [5.41, 5.74) is 6.16. The molecular weight excluding hydrogens is 320 g/mol. The van der Waals surface area contributed by atoms with Crippen molar-refractivity contribution < 1.29 is 4.74 Å². The van der Waals surface area contributed by atoms with Crippen molar-refractivity contribution >= 4 is 22.5 Å². The first kappa shape index (κ1) is 15.5. The van der Waals surface area contributed by atoms with Gasteiger partial charge in [0.2, 0.25) is 0 Å². The van der Waals surface area contributed by atoms with Crippen molar-refractivity contribution in [1.29, 1.82) is 0 Å². The van der Waals surface area contributed by atoms with E-state index in [0.717, 1.165) is 5.69 Å². The van der Waals surface area contributed by atoms with Crippen molar-refractivity contribution in [3.8, 4) is 5.75 Å². The first-order valence-electron chi connectivity index (χ1n) is 8.41. The van der Waals surface area contributed by atoms with Gasteiger partial charge in [0.05, 0.1) is 10.5 Å². The Bertz CT molecular complexity index is 925. The second-order valence-corrected chi connectivity index (χ2v) is 7.05. The second kappa shape index (κ2) is 5.82. The van der Waals surface area contributed by atoms with Crippen molar-refractivity contribution in [3.05, 3.63) is 58.0 Å². The lowest BCUT2D eigenvalue weighted by Gasteiger charge is -2.12. The lowest BCUT2D eigenvalue weighted by Crippen LogP contribution is -2.05. The zero-order chi connectivity index (χ0) is 16.8. The molecule has 0 radical (unpaired) electrons. The number of ether oxygens (including phenoxy) is 1. The molecule has 0 atom stereocenters. The van der Waals surface area contributed by atoms with Crippen molar-refractivity contribution in [2.24, 2.45) is 0 Å². The summed E-state index contributed by atoms with van der Waals surface area (Å²) in [6, 6.07) is 8.19. The summed E-state index contributed by atoms with van der Waals surface area (Å²) in [7, 11) is 0. The number of fused-ring (bicyclic) bond motifs is 1. The van der Waals surface area contributed by atoms with Crippen molar-refractivity contribution in [2.45, 2.75) is 46.3 Å². The summed E-state index contributed by atoms with van der Waals surface area (Å²) in [6.45, 7) is 6.99. The second-order valence-electron chi connectivity index (χ2n) is 6.64. The molecule has 0 N–H and O–H groups in total. The first-order chi connectivity index (χ1) is 11.6. The van der Waals surface area contributed by atoms with Crippen LogP contribution < -0.4 is 4.74 Å². The largest absolute Gasteiger partial charge is 0.486 e. The normalized spacial score (nSPS) is 14.3. The molecule has 0 unspecified atom stereocenters. The van der Waals surface area contributed by atoms with E-state index in [2.05, 4.69) is 30.3 Å². The van der Waals surface area contributed by atoms with E-state index in [1.807, 2.05) is 30.5 Å². The standard InChI is InChI=1S/C20H21ClN2O/c1-12-10-22-17(11-24-18-7-5-4-6-16(18)21)20-19(12)13(2)14(3)23(20)15-8-9-15/h4-7,10,15H,8-9,11H2,1-3H3. The van der Waals surface area contributed by atoms with E-state index in [4.69, 9.17) is 16.3 Å². The number of aryl methyl sites for hydroxylation is 2. The summed E-state index contributed by atoms with van der Waals surface area (Å²) in [6.07, 6.45) is 4.46. The maximum atomic E-state index is 6.20. The highest BCUT2D eigenvalue weighted by Gasteiger charge is 2.29. The summed E-state index contributed by atoms with van der Waals surface area (Å²) in [5, 5.41) is 1.96. The van der Waals surface area contributed by atoms with Gasteiger partial charge >= 0.3 is 0 Å². The molecule has 4 heteroatoms. The van der Waals surface area contributed by atoms with Crippen molar-refractivity contribution in [1.82, 2.24) is 9.55 Å². The van der Waals surface area contributed by atoms with Crippen LogP contribution in [0.5, 0.6) is 5.75 Å². The number of halogens is 1. The topological polar surface area (TPSA) is 27.1 Å². The smallest absolute Gasteiger partial charge is 0.138 e. The average Bonchev–Trinajstić information content (AvgIpc) is 3.36. The molecule has 0 spiro atoms. The first-order valence-corrected chi connectivity index (χ1v) is 8.78. The quantitative estimate of drug-likeness (QED) is 0.624. The van der Waals surface area contributed by atoms with Crippen LogP contribution in [0.2, 0.25) is 5.02 Å². The predicted molar refractivity (Wildman–Crippen MR) is 98.0 cm³/mol. The Morgan fingerprint density at radius 3 is 2.67 bits per heavy atom. The molecule has 1 fully saturated rings.